The molecule has 2 heteroatoms. The first kappa shape index (κ1) is 11.3. The number of benzene rings is 1. The van der Waals surface area contributed by atoms with Gasteiger partial charge in [-0.1, -0.05) is 36.9 Å². The Balaban J connectivity index is 2.35. The first-order chi connectivity index (χ1) is 6.86. The molecule has 0 spiro atoms. The Morgan fingerprint density at radius 3 is 2.64 bits per heavy atom. The molecule has 0 amide bonds. The van der Waals surface area contributed by atoms with E-state index >= 15 is 0 Å². The largest absolute Gasteiger partial charge is 0.388 e. The lowest BCUT2D eigenvalue weighted by Crippen LogP contribution is -2.26. The standard InChI is InChI=1S/C12H18NP/c1-2-13-12(10-14)9-8-11-6-4-3-5-7-11/h2-7,12-13H,1,8-10,14H2. The monoisotopic (exact) mass is 207 g/mol. The quantitative estimate of drug-likeness (QED) is 0.707. The second-order valence-electron chi connectivity index (χ2n) is 3.33. The lowest BCUT2D eigenvalue weighted by Gasteiger charge is -2.14. The highest BCUT2D eigenvalue weighted by atomic mass is 31.0. The summed E-state index contributed by atoms with van der Waals surface area (Å²) in [6, 6.07) is 11.1. The Labute approximate surface area is 88.8 Å². The maximum Gasteiger partial charge on any atom is 0.0293 e. The first-order valence-electron chi connectivity index (χ1n) is 4.97. The van der Waals surface area contributed by atoms with Crippen LogP contribution in [0.15, 0.2) is 43.1 Å². The van der Waals surface area contributed by atoms with Crippen LogP contribution in [0.1, 0.15) is 12.0 Å². The van der Waals surface area contributed by atoms with Gasteiger partial charge in [-0.3, -0.25) is 0 Å². The molecule has 1 aromatic carbocycles. The lowest BCUT2D eigenvalue weighted by atomic mass is 10.1. The Morgan fingerprint density at radius 2 is 2.07 bits per heavy atom. The van der Waals surface area contributed by atoms with Crippen LogP contribution in [0.5, 0.6) is 0 Å². The number of aryl methyl sites for hydroxylation is 1. The molecule has 76 valence electrons. The van der Waals surface area contributed by atoms with Crippen molar-refractivity contribution in [3.05, 3.63) is 48.7 Å². The van der Waals surface area contributed by atoms with Crippen molar-refractivity contribution < 1.29 is 0 Å². The third kappa shape index (κ3) is 3.93. The van der Waals surface area contributed by atoms with Gasteiger partial charge in [-0.2, -0.15) is 0 Å². The molecule has 0 bridgehead atoms. The van der Waals surface area contributed by atoms with Crippen LogP contribution in [0.2, 0.25) is 0 Å². The van der Waals surface area contributed by atoms with E-state index in [-0.39, 0.29) is 0 Å². The van der Waals surface area contributed by atoms with Crippen molar-refractivity contribution in [2.75, 3.05) is 6.16 Å². The van der Waals surface area contributed by atoms with Crippen molar-refractivity contribution in [3.8, 4) is 0 Å². The van der Waals surface area contributed by atoms with Gasteiger partial charge in [-0.05, 0) is 30.8 Å². The smallest absolute Gasteiger partial charge is 0.0293 e. The molecule has 0 heterocycles. The topological polar surface area (TPSA) is 12.0 Å². The van der Waals surface area contributed by atoms with Gasteiger partial charge in [0, 0.05) is 6.04 Å². The van der Waals surface area contributed by atoms with Crippen LogP contribution in [0, 0.1) is 0 Å². The van der Waals surface area contributed by atoms with Gasteiger partial charge in [-0.15, -0.1) is 9.24 Å². The molecule has 0 aliphatic heterocycles. The van der Waals surface area contributed by atoms with Crippen molar-refractivity contribution in [1.29, 1.82) is 0 Å². The molecule has 0 fully saturated rings. The minimum Gasteiger partial charge on any atom is -0.388 e. The zero-order chi connectivity index (χ0) is 10.2. The SMILES string of the molecule is C=CNC(CP)CCc1ccccc1. The van der Waals surface area contributed by atoms with Gasteiger partial charge in [0.05, 0.1) is 0 Å². The van der Waals surface area contributed by atoms with Gasteiger partial charge in [0.1, 0.15) is 0 Å². The predicted molar refractivity (Wildman–Crippen MR) is 66.5 cm³/mol. The van der Waals surface area contributed by atoms with Gasteiger partial charge in [-0.25, -0.2) is 0 Å². The molecule has 0 aliphatic carbocycles. The summed E-state index contributed by atoms with van der Waals surface area (Å²) in [5, 5.41) is 3.25. The van der Waals surface area contributed by atoms with E-state index in [4.69, 9.17) is 0 Å². The molecular weight excluding hydrogens is 189 g/mol. The fourth-order valence-electron chi connectivity index (χ4n) is 1.42. The molecule has 0 saturated carbocycles. The molecule has 1 aromatic rings. The van der Waals surface area contributed by atoms with Crippen molar-refractivity contribution in [1.82, 2.24) is 5.32 Å². The fraction of sp³-hybridized carbons (Fsp3) is 0.333. The average molecular weight is 207 g/mol. The van der Waals surface area contributed by atoms with Crippen molar-refractivity contribution >= 4 is 9.24 Å². The molecule has 0 aliphatic rings. The molecule has 0 aromatic heterocycles. The third-order valence-corrected chi connectivity index (χ3v) is 2.83. The van der Waals surface area contributed by atoms with E-state index in [0.717, 1.165) is 19.0 Å². The van der Waals surface area contributed by atoms with E-state index in [1.54, 1.807) is 6.20 Å². The van der Waals surface area contributed by atoms with Crippen molar-refractivity contribution in [2.24, 2.45) is 0 Å². The van der Waals surface area contributed by atoms with E-state index in [9.17, 15) is 0 Å². The molecule has 0 radical (unpaired) electrons. The van der Waals surface area contributed by atoms with Crippen LogP contribution in [0.3, 0.4) is 0 Å². The summed E-state index contributed by atoms with van der Waals surface area (Å²) >= 11 is 0. The molecule has 1 rings (SSSR count). The van der Waals surface area contributed by atoms with E-state index in [1.807, 2.05) is 0 Å². The summed E-state index contributed by atoms with van der Waals surface area (Å²) in [4.78, 5) is 0. The van der Waals surface area contributed by atoms with Crippen LogP contribution >= 0.6 is 9.24 Å². The minimum atomic E-state index is 0.526. The molecule has 14 heavy (non-hydrogen) atoms. The van der Waals surface area contributed by atoms with E-state index in [1.165, 1.54) is 5.56 Å². The lowest BCUT2D eigenvalue weighted by molar-refractivity contribution is 0.595. The second-order valence-corrected chi connectivity index (χ2v) is 3.80. The number of nitrogens with one attached hydrogen (secondary N) is 1. The maximum atomic E-state index is 3.68. The first-order valence-corrected chi connectivity index (χ1v) is 5.79. The number of hydrogen-bond acceptors (Lipinski definition) is 1. The van der Waals surface area contributed by atoms with Crippen molar-refractivity contribution in [3.63, 3.8) is 0 Å². The molecule has 1 N–H and O–H groups in total. The Kier molecular flexibility index (Phi) is 5.32. The maximum absolute atomic E-state index is 3.68. The number of hydrogen-bond donors (Lipinski definition) is 1. The van der Waals surface area contributed by atoms with Gasteiger partial charge >= 0.3 is 0 Å². The average Bonchev–Trinajstić information content (AvgIpc) is 2.25. The summed E-state index contributed by atoms with van der Waals surface area (Å²) in [6.07, 6.45) is 5.12. The summed E-state index contributed by atoms with van der Waals surface area (Å²) in [6.45, 7) is 3.68. The van der Waals surface area contributed by atoms with Crippen LogP contribution < -0.4 is 5.32 Å². The molecule has 2 atom stereocenters. The summed E-state index contributed by atoms with van der Waals surface area (Å²) in [5.74, 6) is 0. The normalized spacial score (nSPS) is 12.1. The zero-order valence-corrected chi connectivity index (χ0v) is 9.60. The van der Waals surface area contributed by atoms with E-state index < -0.39 is 0 Å². The predicted octanol–water partition coefficient (Wildman–Crippen LogP) is 2.60. The van der Waals surface area contributed by atoms with Gasteiger partial charge in [0.25, 0.3) is 0 Å². The molecule has 0 saturated heterocycles. The van der Waals surface area contributed by atoms with E-state index in [2.05, 4.69) is 51.5 Å². The van der Waals surface area contributed by atoms with E-state index in [0.29, 0.717) is 6.04 Å². The van der Waals surface area contributed by atoms with Crippen LogP contribution in [-0.4, -0.2) is 12.2 Å². The fourth-order valence-corrected chi connectivity index (χ4v) is 1.79. The molecule has 1 nitrogen and oxygen atoms in total. The van der Waals surface area contributed by atoms with Gasteiger partial charge in [0.15, 0.2) is 0 Å². The Hall–Kier alpha value is -0.810. The molecule has 2 unspecified atom stereocenters. The second kappa shape index (κ2) is 6.62. The third-order valence-electron chi connectivity index (χ3n) is 2.26. The van der Waals surface area contributed by atoms with Crippen LogP contribution in [0.4, 0.5) is 0 Å². The van der Waals surface area contributed by atoms with Gasteiger partial charge < -0.3 is 5.32 Å². The summed E-state index contributed by atoms with van der Waals surface area (Å²) in [5.41, 5.74) is 1.40. The van der Waals surface area contributed by atoms with Crippen LogP contribution in [0.25, 0.3) is 0 Å². The zero-order valence-electron chi connectivity index (χ0n) is 8.45. The highest BCUT2D eigenvalue weighted by Gasteiger charge is 2.02. The van der Waals surface area contributed by atoms with Crippen molar-refractivity contribution in [2.45, 2.75) is 18.9 Å². The van der Waals surface area contributed by atoms with Crippen LogP contribution in [-0.2, 0) is 6.42 Å². The molecular formula is C12H18NP. The minimum absolute atomic E-state index is 0.526. The summed E-state index contributed by atoms with van der Waals surface area (Å²) < 4.78 is 0. The highest BCUT2D eigenvalue weighted by Crippen LogP contribution is 2.06. The highest BCUT2D eigenvalue weighted by molar-refractivity contribution is 7.16. The number of rotatable bonds is 6. The Bertz CT molecular complexity index is 258. The summed E-state index contributed by atoms with van der Waals surface area (Å²) in [7, 11) is 2.77. The van der Waals surface area contributed by atoms with Gasteiger partial charge in [0.2, 0.25) is 0 Å². The Morgan fingerprint density at radius 1 is 1.36 bits per heavy atom.